The van der Waals surface area contributed by atoms with Crippen molar-refractivity contribution in [3.63, 3.8) is 0 Å². The first kappa shape index (κ1) is 9.44. The van der Waals surface area contributed by atoms with Gasteiger partial charge < -0.3 is 5.32 Å². The predicted molar refractivity (Wildman–Crippen MR) is 57.2 cm³/mol. The summed E-state index contributed by atoms with van der Waals surface area (Å²) in [5, 5.41) is 3.32. The monoisotopic (exact) mass is 191 g/mol. The van der Waals surface area contributed by atoms with E-state index in [1.807, 2.05) is 13.0 Å². The largest absolute Gasteiger partial charge is 0.354 e. The third-order valence-corrected chi connectivity index (χ3v) is 3.12. The highest BCUT2D eigenvalue weighted by Gasteiger charge is 2.40. The molecule has 1 heterocycles. The van der Waals surface area contributed by atoms with Gasteiger partial charge in [0.1, 0.15) is 0 Å². The Morgan fingerprint density at radius 3 is 2.86 bits per heavy atom. The van der Waals surface area contributed by atoms with Gasteiger partial charge >= 0.3 is 0 Å². The minimum Gasteiger partial charge on any atom is -0.354 e. The third kappa shape index (κ3) is 2.03. The van der Waals surface area contributed by atoms with E-state index in [2.05, 4.69) is 22.2 Å². The molecule has 1 aliphatic carbocycles. The highest BCUT2D eigenvalue weighted by atomic mass is 15.1. The maximum atomic E-state index is 4.32. The van der Waals surface area contributed by atoms with E-state index in [4.69, 9.17) is 0 Å². The van der Waals surface area contributed by atoms with Crippen LogP contribution in [0, 0.1) is 12.3 Å². The van der Waals surface area contributed by atoms with Crippen LogP contribution in [0.3, 0.4) is 0 Å². The summed E-state index contributed by atoms with van der Waals surface area (Å²) in [6.07, 6.45) is 5.76. The molecule has 1 fully saturated rings. The van der Waals surface area contributed by atoms with Gasteiger partial charge in [0.05, 0.1) is 0 Å². The summed E-state index contributed by atoms with van der Waals surface area (Å²) >= 11 is 0. The molecule has 0 amide bonds. The summed E-state index contributed by atoms with van der Waals surface area (Å²) in [7, 11) is 0. The van der Waals surface area contributed by atoms with Crippen molar-refractivity contribution < 1.29 is 0 Å². The summed E-state index contributed by atoms with van der Waals surface area (Å²) in [6, 6.07) is 1.91. The van der Waals surface area contributed by atoms with Gasteiger partial charge in [0, 0.05) is 18.4 Å². The molecule has 0 bridgehead atoms. The van der Waals surface area contributed by atoms with Gasteiger partial charge in [-0.1, -0.05) is 6.92 Å². The second-order valence-electron chi connectivity index (χ2n) is 4.23. The lowest BCUT2D eigenvalue weighted by molar-refractivity contribution is 0.519. The smallest absolute Gasteiger partial charge is 0.222 e. The number of rotatable bonds is 4. The first-order valence-electron chi connectivity index (χ1n) is 5.28. The molecule has 0 aromatic carbocycles. The average molecular weight is 191 g/mol. The lowest BCUT2D eigenvalue weighted by Crippen LogP contribution is -2.16. The van der Waals surface area contributed by atoms with Crippen molar-refractivity contribution in [1.82, 2.24) is 9.97 Å². The van der Waals surface area contributed by atoms with E-state index in [1.54, 1.807) is 6.20 Å². The molecule has 0 unspecified atom stereocenters. The van der Waals surface area contributed by atoms with Crippen LogP contribution in [0.15, 0.2) is 12.3 Å². The fourth-order valence-electron chi connectivity index (χ4n) is 1.63. The molecule has 3 nitrogen and oxygen atoms in total. The predicted octanol–water partition coefficient (Wildman–Crippen LogP) is 2.39. The van der Waals surface area contributed by atoms with Gasteiger partial charge in [-0.05, 0) is 37.7 Å². The van der Waals surface area contributed by atoms with Gasteiger partial charge in [-0.3, -0.25) is 0 Å². The fourth-order valence-corrected chi connectivity index (χ4v) is 1.63. The third-order valence-electron chi connectivity index (χ3n) is 3.12. The number of nitrogens with zero attached hydrogens (tertiary/aromatic N) is 2. The van der Waals surface area contributed by atoms with Crippen molar-refractivity contribution in [3.05, 3.63) is 18.0 Å². The van der Waals surface area contributed by atoms with Crippen LogP contribution in [0.4, 0.5) is 5.95 Å². The van der Waals surface area contributed by atoms with Crippen molar-refractivity contribution >= 4 is 5.95 Å². The van der Waals surface area contributed by atoms with E-state index in [-0.39, 0.29) is 0 Å². The highest BCUT2D eigenvalue weighted by molar-refractivity contribution is 5.26. The number of nitrogens with one attached hydrogen (secondary N) is 1. The van der Waals surface area contributed by atoms with Gasteiger partial charge in [-0.2, -0.15) is 0 Å². The van der Waals surface area contributed by atoms with Crippen LogP contribution in [0.5, 0.6) is 0 Å². The van der Waals surface area contributed by atoms with Gasteiger partial charge in [-0.15, -0.1) is 0 Å². The van der Waals surface area contributed by atoms with Crippen molar-refractivity contribution in [2.24, 2.45) is 5.41 Å². The molecule has 0 radical (unpaired) electrons. The van der Waals surface area contributed by atoms with Crippen molar-refractivity contribution in [2.45, 2.75) is 33.1 Å². The summed E-state index contributed by atoms with van der Waals surface area (Å²) in [6.45, 7) is 5.26. The van der Waals surface area contributed by atoms with E-state index in [0.717, 1.165) is 18.2 Å². The Bertz CT molecular complexity index is 318. The quantitative estimate of drug-likeness (QED) is 0.794. The lowest BCUT2D eigenvalue weighted by atomic mass is 10.0. The van der Waals surface area contributed by atoms with Gasteiger partial charge in [0.25, 0.3) is 0 Å². The van der Waals surface area contributed by atoms with E-state index in [1.165, 1.54) is 19.3 Å². The van der Waals surface area contributed by atoms with Crippen molar-refractivity contribution in [2.75, 3.05) is 11.9 Å². The second-order valence-corrected chi connectivity index (χ2v) is 4.23. The number of hydrogen-bond acceptors (Lipinski definition) is 3. The van der Waals surface area contributed by atoms with E-state index >= 15 is 0 Å². The van der Waals surface area contributed by atoms with E-state index < -0.39 is 0 Å². The zero-order valence-electron chi connectivity index (χ0n) is 8.88. The van der Waals surface area contributed by atoms with E-state index in [9.17, 15) is 0 Å². The molecule has 3 heteroatoms. The Labute approximate surface area is 85.0 Å². The highest BCUT2D eigenvalue weighted by Crippen LogP contribution is 2.48. The molecule has 1 saturated carbocycles. The van der Waals surface area contributed by atoms with Crippen LogP contribution in [-0.2, 0) is 0 Å². The number of aryl methyl sites for hydroxylation is 1. The molecule has 1 aromatic heterocycles. The molecule has 76 valence electrons. The molecule has 0 atom stereocenters. The first-order chi connectivity index (χ1) is 6.74. The first-order valence-corrected chi connectivity index (χ1v) is 5.28. The summed E-state index contributed by atoms with van der Waals surface area (Å²) in [4.78, 5) is 8.50. The van der Waals surface area contributed by atoms with Crippen molar-refractivity contribution in [1.29, 1.82) is 0 Å². The molecule has 0 saturated heterocycles. The zero-order valence-corrected chi connectivity index (χ0v) is 8.88. The molecular formula is C11H17N3. The minimum absolute atomic E-state index is 0.549. The molecule has 0 spiro atoms. The molecule has 1 aliphatic rings. The fraction of sp³-hybridized carbons (Fsp3) is 0.636. The van der Waals surface area contributed by atoms with Crippen LogP contribution in [0.2, 0.25) is 0 Å². The number of anilines is 1. The standard InChI is InChI=1S/C11H17N3/c1-3-11(5-6-11)8-13-10-12-7-4-9(2)14-10/h4,7H,3,5-6,8H2,1-2H3,(H,12,13,14). The molecule has 2 rings (SSSR count). The molecular weight excluding hydrogens is 174 g/mol. The Morgan fingerprint density at radius 2 is 2.29 bits per heavy atom. The lowest BCUT2D eigenvalue weighted by Gasteiger charge is -2.13. The topological polar surface area (TPSA) is 37.8 Å². The Hall–Kier alpha value is -1.12. The number of hydrogen-bond donors (Lipinski definition) is 1. The maximum Gasteiger partial charge on any atom is 0.222 e. The molecule has 14 heavy (non-hydrogen) atoms. The van der Waals surface area contributed by atoms with Crippen LogP contribution in [0.25, 0.3) is 0 Å². The minimum atomic E-state index is 0.549. The van der Waals surface area contributed by atoms with Crippen LogP contribution < -0.4 is 5.32 Å². The van der Waals surface area contributed by atoms with E-state index in [0.29, 0.717) is 5.41 Å². The Balaban J connectivity index is 1.92. The van der Waals surface area contributed by atoms with Crippen LogP contribution >= 0.6 is 0 Å². The van der Waals surface area contributed by atoms with Gasteiger partial charge in [0.2, 0.25) is 5.95 Å². The van der Waals surface area contributed by atoms with Crippen LogP contribution in [0.1, 0.15) is 31.9 Å². The van der Waals surface area contributed by atoms with Crippen LogP contribution in [-0.4, -0.2) is 16.5 Å². The van der Waals surface area contributed by atoms with Gasteiger partial charge in [-0.25, -0.2) is 9.97 Å². The molecule has 0 aliphatic heterocycles. The normalized spacial score (nSPS) is 17.9. The summed E-state index contributed by atoms with van der Waals surface area (Å²) < 4.78 is 0. The van der Waals surface area contributed by atoms with Gasteiger partial charge in [0.15, 0.2) is 0 Å². The number of aromatic nitrogens is 2. The SMILES string of the molecule is CCC1(CNc2nccc(C)n2)CC1. The Morgan fingerprint density at radius 1 is 1.50 bits per heavy atom. The summed E-state index contributed by atoms with van der Waals surface area (Å²) in [5.74, 6) is 0.768. The maximum absolute atomic E-state index is 4.32. The summed E-state index contributed by atoms with van der Waals surface area (Å²) in [5.41, 5.74) is 1.57. The second kappa shape index (κ2) is 3.56. The Kier molecular flexibility index (Phi) is 2.40. The van der Waals surface area contributed by atoms with Crippen molar-refractivity contribution in [3.8, 4) is 0 Å². The zero-order chi connectivity index (χ0) is 10.0. The average Bonchev–Trinajstić information content (AvgIpc) is 2.96. The molecule has 1 aromatic rings. The molecule has 1 N–H and O–H groups in total.